The summed E-state index contributed by atoms with van der Waals surface area (Å²) in [7, 11) is 1.61. The first-order valence-electron chi connectivity index (χ1n) is 6.48. The number of carbonyl (C=O) groups is 1. The first-order chi connectivity index (χ1) is 9.54. The molecule has 0 aliphatic carbocycles. The summed E-state index contributed by atoms with van der Waals surface area (Å²) in [4.78, 5) is 11.5. The number of benzene rings is 1. The van der Waals surface area contributed by atoms with E-state index in [0.29, 0.717) is 31.1 Å². The smallest absolute Gasteiger partial charge is 0.221 e. The molecular formula is C14H20BrClN2O2. The van der Waals surface area contributed by atoms with Gasteiger partial charge in [-0.25, -0.2) is 0 Å². The molecular weight excluding hydrogens is 344 g/mol. The Hall–Kier alpha value is -0.620. The van der Waals surface area contributed by atoms with Gasteiger partial charge >= 0.3 is 0 Å². The molecule has 1 unspecified atom stereocenters. The van der Waals surface area contributed by atoms with Crippen LogP contribution in [0.2, 0.25) is 5.02 Å². The average Bonchev–Trinajstić information content (AvgIpc) is 2.38. The molecule has 1 atom stereocenters. The van der Waals surface area contributed by atoms with E-state index in [-0.39, 0.29) is 11.9 Å². The lowest BCUT2D eigenvalue weighted by Gasteiger charge is -2.15. The lowest BCUT2D eigenvalue weighted by Crippen LogP contribution is -2.30. The van der Waals surface area contributed by atoms with E-state index in [0.717, 1.165) is 10.0 Å². The lowest BCUT2D eigenvalue weighted by molar-refractivity contribution is -0.121. The van der Waals surface area contributed by atoms with Gasteiger partial charge in [-0.3, -0.25) is 4.79 Å². The quantitative estimate of drug-likeness (QED) is 0.698. The van der Waals surface area contributed by atoms with Crippen molar-refractivity contribution in [3.63, 3.8) is 0 Å². The summed E-state index contributed by atoms with van der Waals surface area (Å²) < 4.78 is 5.82. The molecule has 20 heavy (non-hydrogen) atoms. The predicted octanol–water partition coefficient (Wildman–Crippen LogP) is 2.91. The fraction of sp³-hybridized carbons (Fsp3) is 0.500. The molecule has 0 saturated carbocycles. The molecule has 6 heteroatoms. The van der Waals surface area contributed by atoms with Crippen LogP contribution in [0.1, 0.15) is 24.9 Å². The first-order valence-corrected chi connectivity index (χ1v) is 7.65. The van der Waals surface area contributed by atoms with Gasteiger partial charge in [-0.15, -0.1) is 0 Å². The van der Waals surface area contributed by atoms with Gasteiger partial charge in [0.25, 0.3) is 0 Å². The van der Waals surface area contributed by atoms with Gasteiger partial charge in [0.2, 0.25) is 5.91 Å². The molecule has 0 aliphatic rings. The van der Waals surface area contributed by atoms with E-state index < -0.39 is 0 Å². The Kier molecular flexibility index (Phi) is 8.14. The fourth-order valence-electron chi connectivity index (χ4n) is 1.75. The summed E-state index contributed by atoms with van der Waals surface area (Å²) in [5.41, 5.74) is 1.02. The Morgan fingerprint density at radius 1 is 1.45 bits per heavy atom. The fourth-order valence-corrected chi connectivity index (χ4v) is 2.58. The number of nitrogens with one attached hydrogen (secondary N) is 2. The molecule has 0 fully saturated rings. The van der Waals surface area contributed by atoms with Crippen molar-refractivity contribution in [2.24, 2.45) is 0 Å². The number of hydrogen-bond donors (Lipinski definition) is 2. The highest BCUT2D eigenvalue weighted by Crippen LogP contribution is 2.26. The van der Waals surface area contributed by atoms with Gasteiger partial charge in [-0.2, -0.15) is 0 Å². The monoisotopic (exact) mass is 362 g/mol. The molecule has 1 aromatic carbocycles. The normalized spacial score (nSPS) is 12.2. The number of halogens is 2. The van der Waals surface area contributed by atoms with Crippen LogP contribution in [0.5, 0.6) is 0 Å². The van der Waals surface area contributed by atoms with E-state index in [9.17, 15) is 4.79 Å². The summed E-state index contributed by atoms with van der Waals surface area (Å²) in [5.74, 6) is 0.0173. The van der Waals surface area contributed by atoms with E-state index in [1.807, 2.05) is 25.1 Å². The van der Waals surface area contributed by atoms with Crippen molar-refractivity contribution in [1.29, 1.82) is 0 Å². The molecule has 0 aliphatic heterocycles. The van der Waals surface area contributed by atoms with Crippen molar-refractivity contribution in [2.75, 3.05) is 26.8 Å². The van der Waals surface area contributed by atoms with E-state index >= 15 is 0 Å². The SMILES string of the molecule is COCCNC(=O)CCNC(C)c1ccc(Br)cc1Cl. The molecule has 4 nitrogen and oxygen atoms in total. The number of methoxy groups -OCH3 is 1. The first kappa shape index (κ1) is 17.4. The third kappa shape index (κ3) is 6.22. The number of amides is 1. The zero-order valence-electron chi connectivity index (χ0n) is 11.7. The highest BCUT2D eigenvalue weighted by Gasteiger charge is 2.10. The second-order valence-corrected chi connectivity index (χ2v) is 5.76. The Labute approximate surface area is 133 Å². The lowest BCUT2D eigenvalue weighted by atomic mass is 10.1. The molecule has 112 valence electrons. The zero-order valence-corrected chi connectivity index (χ0v) is 14.1. The van der Waals surface area contributed by atoms with E-state index in [2.05, 4.69) is 26.6 Å². The number of hydrogen-bond acceptors (Lipinski definition) is 3. The second kappa shape index (κ2) is 9.34. The maximum Gasteiger partial charge on any atom is 0.221 e. The molecule has 0 heterocycles. The van der Waals surface area contributed by atoms with Crippen LogP contribution in [0.4, 0.5) is 0 Å². The largest absolute Gasteiger partial charge is 0.383 e. The van der Waals surface area contributed by atoms with Gasteiger partial charge in [0, 0.05) is 42.2 Å². The van der Waals surface area contributed by atoms with E-state index in [1.165, 1.54) is 0 Å². The maximum atomic E-state index is 11.5. The Morgan fingerprint density at radius 3 is 2.85 bits per heavy atom. The van der Waals surface area contributed by atoms with Crippen molar-refractivity contribution >= 4 is 33.4 Å². The van der Waals surface area contributed by atoms with Crippen LogP contribution >= 0.6 is 27.5 Å². The van der Waals surface area contributed by atoms with Crippen LogP contribution in [0, 0.1) is 0 Å². The molecule has 0 saturated heterocycles. The van der Waals surface area contributed by atoms with Crippen LogP contribution in [-0.2, 0) is 9.53 Å². The molecule has 0 bridgehead atoms. The van der Waals surface area contributed by atoms with Crippen LogP contribution in [0.3, 0.4) is 0 Å². The average molecular weight is 364 g/mol. The number of carbonyl (C=O) groups excluding carboxylic acids is 1. The third-order valence-corrected chi connectivity index (χ3v) is 3.68. The Morgan fingerprint density at radius 2 is 2.20 bits per heavy atom. The summed E-state index contributed by atoms with van der Waals surface area (Å²) in [6, 6.07) is 5.90. The standard InChI is InChI=1S/C14H20BrClN2O2/c1-10(12-4-3-11(15)9-13(12)16)17-6-5-14(19)18-7-8-20-2/h3-4,9-10,17H,5-8H2,1-2H3,(H,18,19). The highest BCUT2D eigenvalue weighted by atomic mass is 79.9. The van der Waals surface area contributed by atoms with Crippen molar-refractivity contribution < 1.29 is 9.53 Å². The maximum absolute atomic E-state index is 11.5. The van der Waals surface area contributed by atoms with Crippen LogP contribution in [-0.4, -0.2) is 32.7 Å². The molecule has 0 spiro atoms. The third-order valence-electron chi connectivity index (χ3n) is 2.86. The second-order valence-electron chi connectivity index (χ2n) is 4.43. The van der Waals surface area contributed by atoms with Gasteiger partial charge in [0.05, 0.1) is 6.61 Å². The number of rotatable bonds is 8. The van der Waals surface area contributed by atoms with Gasteiger partial charge in [-0.1, -0.05) is 33.6 Å². The van der Waals surface area contributed by atoms with Crippen molar-refractivity contribution in [3.8, 4) is 0 Å². The molecule has 0 aromatic heterocycles. The minimum absolute atomic E-state index is 0.0173. The minimum Gasteiger partial charge on any atom is -0.383 e. The molecule has 0 radical (unpaired) electrons. The van der Waals surface area contributed by atoms with Crippen LogP contribution < -0.4 is 10.6 Å². The van der Waals surface area contributed by atoms with Gasteiger partial charge in [0.1, 0.15) is 0 Å². The molecule has 1 rings (SSSR count). The van der Waals surface area contributed by atoms with Crippen molar-refractivity contribution in [2.45, 2.75) is 19.4 Å². The van der Waals surface area contributed by atoms with E-state index in [1.54, 1.807) is 7.11 Å². The van der Waals surface area contributed by atoms with Crippen LogP contribution in [0.15, 0.2) is 22.7 Å². The highest BCUT2D eigenvalue weighted by molar-refractivity contribution is 9.10. The van der Waals surface area contributed by atoms with E-state index in [4.69, 9.17) is 16.3 Å². The van der Waals surface area contributed by atoms with Gasteiger partial charge in [-0.05, 0) is 24.6 Å². The zero-order chi connectivity index (χ0) is 15.0. The predicted molar refractivity (Wildman–Crippen MR) is 85.1 cm³/mol. The Bertz CT molecular complexity index is 443. The van der Waals surface area contributed by atoms with Crippen molar-refractivity contribution in [1.82, 2.24) is 10.6 Å². The summed E-state index contributed by atoms with van der Waals surface area (Å²) in [6.07, 6.45) is 0.433. The Balaban J connectivity index is 2.32. The molecule has 1 amide bonds. The number of ether oxygens (including phenoxy) is 1. The summed E-state index contributed by atoms with van der Waals surface area (Å²) in [5, 5.41) is 6.78. The van der Waals surface area contributed by atoms with Crippen molar-refractivity contribution in [3.05, 3.63) is 33.3 Å². The molecule has 2 N–H and O–H groups in total. The topological polar surface area (TPSA) is 50.4 Å². The minimum atomic E-state index is 0.0173. The molecule has 1 aromatic rings. The van der Waals surface area contributed by atoms with Crippen LogP contribution in [0.25, 0.3) is 0 Å². The van der Waals surface area contributed by atoms with Gasteiger partial charge in [0.15, 0.2) is 0 Å². The van der Waals surface area contributed by atoms with Gasteiger partial charge < -0.3 is 15.4 Å². The summed E-state index contributed by atoms with van der Waals surface area (Å²) in [6.45, 7) is 3.71. The summed E-state index contributed by atoms with van der Waals surface area (Å²) >= 11 is 9.57.